The van der Waals surface area contributed by atoms with Crippen LogP contribution in [0.4, 0.5) is 0 Å². The molecular weight excluding hydrogens is 495 g/mol. The molecule has 0 aromatic heterocycles. The molecule has 0 unspecified atom stereocenters. The molecule has 0 N–H and O–H groups in total. The molecule has 0 aliphatic carbocycles. The summed E-state index contributed by atoms with van der Waals surface area (Å²) >= 11 is 1.04. The zero-order valence-corrected chi connectivity index (χ0v) is 20.2. The molecule has 2 heteroatoms. The maximum atomic E-state index is 2.31. The average Bonchev–Trinajstić information content (AvgIpc) is 2.54. The molecule has 0 aliphatic rings. The van der Waals surface area contributed by atoms with Crippen LogP contribution < -0.4 is 0 Å². The standard InChI is InChI=1S/C20H42Te2/c1-3-5-7-9-11-13-15-17-19-21-22-20-18-16-14-12-10-8-6-4-2/h3-20H2,1-2H3. The predicted octanol–water partition coefficient (Wildman–Crippen LogP) is 7.43. The minimum absolute atomic E-state index is 0.518. The number of rotatable bonds is 19. The van der Waals surface area contributed by atoms with Crippen molar-refractivity contribution in [3.63, 3.8) is 0 Å². The first-order valence-corrected chi connectivity index (χ1v) is 20.8. The van der Waals surface area contributed by atoms with Crippen molar-refractivity contribution < 1.29 is 0 Å². The number of unbranched alkanes of at least 4 members (excludes halogenated alkanes) is 14. The molecule has 0 atom stereocenters. The maximum absolute atomic E-state index is 2.31. The molecular formula is C20H42Te2. The summed E-state index contributed by atoms with van der Waals surface area (Å²) < 4.78 is 3.36. The summed E-state index contributed by atoms with van der Waals surface area (Å²) in [6.07, 6.45) is 23.9. The Bertz CT molecular complexity index is 163. The molecule has 0 saturated carbocycles. The summed E-state index contributed by atoms with van der Waals surface area (Å²) in [6, 6.07) is 0. The van der Waals surface area contributed by atoms with Gasteiger partial charge in [0.2, 0.25) is 0 Å². The molecule has 0 aromatic carbocycles. The van der Waals surface area contributed by atoms with Crippen LogP contribution in [0.25, 0.3) is 0 Å². The quantitative estimate of drug-likeness (QED) is 0.119. The molecule has 134 valence electrons. The first kappa shape index (κ1) is 23.6. The molecule has 0 aliphatic heterocycles. The van der Waals surface area contributed by atoms with E-state index in [0.717, 1.165) is 0 Å². The van der Waals surface area contributed by atoms with Crippen molar-refractivity contribution in [2.24, 2.45) is 0 Å². The molecule has 0 amide bonds. The van der Waals surface area contributed by atoms with Crippen LogP contribution in [-0.2, 0) is 0 Å². The van der Waals surface area contributed by atoms with Gasteiger partial charge in [-0.15, -0.1) is 0 Å². The average molecular weight is 538 g/mol. The summed E-state index contributed by atoms with van der Waals surface area (Å²) in [7, 11) is 0. The Morgan fingerprint density at radius 3 is 0.955 bits per heavy atom. The second kappa shape index (κ2) is 22.6. The molecule has 0 heterocycles. The molecule has 0 radical (unpaired) electrons. The van der Waals surface area contributed by atoms with E-state index in [1.807, 2.05) is 0 Å². The van der Waals surface area contributed by atoms with Crippen LogP contribution in [0, 0.1) is 0 Å². The Labute approximate surface area is 158 Å². The van der Waals surface area contributed by atoms with Crippen molar-refractivity contribution in [3.05, 3.63) is 0 Å². The van der Waals surface area contributed by atoms with E-state index in [4.69, 9.17) is 0 Å². The van der Waals surface area contributed by atoms with Gasteiger partial charge >= 0.3 is 160 Å². The Morgan fingerprint density at radius 1 is 0.364 bits per heavy atom. The molecule has 0 saturated heterocycles. The van der Waals surface area contributed by atoms with Gasteiger partial charge in [0.15, 0.2) is 0 Å². The summed E-state index contributed by atoms with van der Waals surface area (Å²) in [5.41, 5.74) is 0. The van der Waals surface area contributed by atoms with E-state index in [1.165, 1.54) is 77.0 Å². The van der Waals surface area contributed by atoms with Crippen molar-refractivity contribution in [3.8, 4) is 0 Å². The SMILES string of the molecule is CCCCCCCCCC[Te][Te]CCCCCCCCCC. The topological polar surface area (TPSA) is 0 Å². The molecule has 0 nitrogen and oxygen atoms in total. The van der Waals surface area contributed by atoms with Crippen molar-refractivity contribution in [1.82, 2.24) is 0 Å². The van der Waals surface area contributed by atoms with Gasteiger partial charge in [-0.1, -0.05) is 0 Å². The first-order valence-electron chi connectivity index (χ1n) is 10.2. The van der Waals surface area contributed by atoms with Crippen LogP contribution in [0.2, 0.25) is 8.94 Å². The monoisotopic (exact) mass is 542 g/mol. The van der Waals surface area contributed by atoms with E-state index < -0.39 is 0 Å². The third-order valence-corrected chi connectivity index (χ3v) is 16.9. The summed E-state index contributed by atoms with van der Waals surface area (Å²) in [5.74, 6) is 0. The van der Waals surface area contributed by atoms with E-state index in [9.17, 15) is 0 Å². The Balaban J connectivity index is 2.91. The summed E-state index contributed by atoms with van der Waals surface area (Å²) in [4.78, 5) is 0. The van der Waals surface area contributed by atoms with E-state index in [2.05, 4.69) is 13.8 Å². The fraction of sp³-hybridized carbons (Fsp3) is 1.00. The fourth-order valence-electron chi connectivity index (χ4n) is 2.71. The van der Waals surface area contributed by atoms with Gasteiger partial charge in [-0.2, -0.15) is 0 Å². The second-order valence-corrected chi connectivity index (χ2v) is 19.3. The second-order valence-electron chi connectivity index (χ2n) is 6.59. The van der Waals surface area contributed by atoms with Crippen LogP contribution in [0.5, 0.6) is 0 Å². The van der Waals surface area contributed by atoms with Crippen molar-refractivity contribution in [1.29, 1.82) is 0 Å². The Hall–Kier alpha value is 1.58. The molecule has 0 bridgehead atoms. The van der Waals surface area contributed by atoms with E-state index >= 15 is 0 Å². The molecule has 0 rings (SSSR count). The summed E-state index contributed by atoms with van der Waals surface area (Å²) in [5, 5.41) is 0. The van der Waals surface area contributed by atoms with Gasteiger partial charge < -0.3 is 0 Å². The predicted molar refractivity (Wildman–Crippen MR) is 106 cm³/mol. The van der Waals surface area contributed by atoms with Gasteiger partial charge in [0.05, 0.1) is 0 Å². The number of hydrogen-bond acceptors (Lipinski definition) is 0. The van der Waals surface area contributed by atoms with E-state index in [1.54, 1.807) is 34.6 Å². The Kier molecular flexibility index (Phi) is 24.2. The van der Waals surface area contributed by atoms with Gasteiger partial charge in [-0.05, 0) is 0 Å². The van der Waals surface area contributed by atoms with Gasteiger partial charge in [0.1, 0.15) is 0 Å². The van der Waals surface area contributed by atoms with Crippen LogP contribution in [0.3, 0.4) is 0 Å². The van der Waals surface area contributed by atoms with Crippen LogP contribution >= 0.6 is 0 Å². The van der Waals surface area contributed by atoms with Gasteiger partial charge in [0, 0.05) is 0 Å². The van der Waals surface area contributed by atoms with Crippen molar-refractivity contribution >= 4 is 34.1 Å². The van der Waals surface area contributed by atoms with Gasteiger partial charge in [-0.25, -0.2) is 0 Å². The molecule has 22 heavy (non-hydrogen) atoms. The summed E-state index contributed by atoms with van der Waals surface area (Å²) in [6.45, 7) is 4.61. The zero-order chi connectivity index (χ0) is 16.1. The molecule has 0 spiro atoms. The minimum atomic E-state index is 0.518. The van der Waals surface area contributed by atoms with Crippen LogP contribution in [-0.4, -0.2) is 34.1 Å². The van der Waals surface area contributed by atoms with E-state index in [0.29, 0.717) is 34.1 Å². The third kappa shape index (κ3) is 21.6. The fourth-order valence-corrected chi connectivity index (χ4v) is 14.2. The zero-order valence-electron chi connectivity index (χ0n) is 15.5. The van der Waals surface area contributed by atoms with Crippen molar-refractivity contribution in [2.45, 2.75) is 126 Å². The van der Waals surface area contributed by atoms with E-state index in [-0.39, 0.29) is 0 Å². The van der Waals surface area contributed by atoms with Crippen molar-refractivity contribution in [2.75, 3.05) is 0 Å². The van der Waals surface area contributed by atoms with Gasteiger partial charge in [-0.3, -0.25) is 0 Å². The Morgan fingerprint density at radius 2 is 0.636 bits per heavy atom. The normalized spacial score (nSPS) is 11.2. The van der Waals surface area contributed by atoms with Crippen LogP contribution in [0.1, 0.15) is 117 Å². The molecule has 0 fully saturated rings. The van der Waals surface area contributed by atoms with Crippen LogP contribution in [0.15, 0.2) is 0 Å². The number of hydrogen-bond donors (Lipinski definition) is 0. The first-order chi connectivity index (χ1) is 10.9. The third-order valence-electron chi connectivity index (χ3n) is 4.25. The van der Waals surface area contributed by atoms with Gasteiger partial charge in [0.25, 0.3) is 0 Å². The molecule has 0 aromatic rings.